The molecule has 0 aromatic heterocycles. The molecule has 3 nitrogen and oxygen atoms in total. The maximum absolute atomic E-state index is 9.12. The standard InChI is InChI=1S/C14H15N3/c1-11-6-2-3-8-13(11)17-14(16)9-5-4-7-12(14)10-15/h2-9,12,17H,16H2,1H3. The topological polar surface area (TPSA) is 61.8 Å². The number of benzene rings is 1. The van der Waals surface area contributed by atoms with E-state index in [2.05, 4.69) is 11.4 Å². The summed E-state index contributed by atoms with van der Waals surface area (Å²) in [6.45, 7) is 2.01. The molecule has 2 unspecified atom stereocenters. The number of hydrogen-bond acceptors (Lipinski definition) is 3. The molecular formula is C14H15N3. The van der Waals surface area contributed by atoms with Crippen LogP contribution in [0.3, 0.4) is 0 Å². The number of nitrogens with zero attached hydrogens (tertiary/aromatic N) is 1. The molecular weight excluding hydrogens is 210 g/mol. The van der Waals surface area contributed by atoms with Gasteiger partial charge in [-0.2, -0.15) is 5.26 Å². The molecule has 0 saturated carbocycles. The maximum Gasteiger partial charge on any atom is 0.125 e. The number of hydrogen-bond donors (Lipinski definition) is 2. The number of allylic oxidation sites excluding steroid dienone is 2. The van der Waals surface area contributed by atoms with Crippen LogP contribution >= 0.6 is 0 Å². The van der Waals surface area contributed by atoms with Crippen LogP contribution in [0.5, 0.6) is 0 Å². The smallest absolute Gasteiger partial charge is 0.125 e. The van der Waals surface area contributed by atoms with Gasteiger partial charge in [-0.1, -0.05) is 36.4 Å². The summed E-state index contributed by atoms with van der Waals surface area (Å²) < 4.78 is 0. The van der Waals surface area contributed by atoms with E-state index in [1.807, 2.05) is 55.5 Å². The van der Waals surface area contributed by atoms with Crippen molar-refractivity contribution >= 4 is 5.69 Å². The van der Waals surface area contributed by atoms with Crippen LogP contribution in [0.2, 0.25) is 0 Å². The van der Waals surface area contributed by atoms with Gasteiger partial charge in [-0.05, 0) is 24.6 Å². The molecule has 2 atom stereocenters. The molecule has 0 fully saturated rings. The molecule has 1 aromatic carbocycles. The van der Waals surface area contributed by atoms with Gasteiger partial charge in [0.2, 0.25) is 0 Å². The fraction of sp³-hybridized carbons (Fsp3) is 0.214. The zero-order chi connectivity index (χ0) is 12.3. The Morgan fingerprint density at radius 1 is 1.35 bits per heavy atom. The van der Waals surface area contributed by atoms with Crippen molar-refractivity contribution in [2.45, 2.75) is 12.6 Å². The largest absolute Gasteiger partial charge is 0.363 e. The van der Waals surface area contributed by atoms with Gasteiger partial charge in [0, 0.05) is 5.69 Å². The average molecular weight is 225 g/mol. The van der Waals surface area contributed by atoms with Crippen molar-refractivity contribution in [2.24, 2.45) is 11.7 Å². The van der Waals surface area contributed by atoms with E-state index in [9.17, 15) is 0 Å². The number of anilines is 1. The van der Waals surface area contributed by atoms with E-state index in [4.69, 9.17) is 11.0 Å². The summed E-state index contributed by atoms with van der Waals surface area (Å²) in [5.41, 5.74) is 7.47. The Bertz CT molecular complexity index is 510. The van der Waals surface area contributed by atoms with Crippen LogP contribution in [-0.2, 0) is 0 Å². The minimum atomic E-state index is -0.838. The first-order chi connectivity index (χ1) is 8.15. The first kappa shape index (κ1) is 11.4. The second kappa shape index (κ2) is 4.44. The molecule has 1 aromatic rings. The molecule has 0 bridgehead atoms. The molecule has 1 aliphatic carbocycles. The van der Waals surface area contributed by atoms with E-state index in [0.29, 0.717) is 0 Å². The van der Waals surface area contributed by atoms with E-state index in [1.54, 1.807) is 0 Å². The number of nitriles is 1. The van der Waals surface area contributed by atoms with Gasteiger partial charge >= 0.3 is 0 Å². The van der Waals surface area contributed by atoms with Gasteiger partial charge in [-0.3, -0.25) is 0 Å². The Balaban J connectivity index is 2.29. The van der Waals surface area contributed by atoms with Gasteiger partial charge in [-0.25, -0.2) is 0 Å². The quantitative estimate of drug-likeness (QED) is 0.759. The molecule has 17 heavy (non-hydrogen) atoms. The highest BCUT2D eigenvalue weighted by Gasteiger charge is 2.32. The number of nitrogens with one attached hydrogen (secondary N) is 1. The highest BCUT2D eigenvalue weighted by Crippen LogP contribution is 2.25. The molecule has 0 saturated heterocycles. The van der Waals surface area contributed by atoms with Crippen molar-refractivity contribution < 1.29 is 0 Å². The fourth-order valence-corrected chi connectivity index (χ4v) is 1.87. The van der Waals surface area contributed by atoms with Crippen LogP contribution < -0.4 is 11.1 Å². The first-order valence-corrected chi connectivity index (χ1v) is 5.54. The lowest BCUT2D eigenvalue weighted by molar-refractivity contribution is 0.517. The zero-order valence-corrected chi connectivity index (χ0v) is 9.72. The predicted octanol–water partition coefficient (Wildman–Crippen LogP) is 2.33. The van der Waals surface area contributed by atoms with Crippen LogP contribution in [0, 0.1) is 24.2 Å². The van der Waals surface area contributed by atoms with E-state index < -0.39 is 5.66 Å². The Labute approximate surface area is 101 Å². The van der Waals surface area contributed by atoms with Crippen molar-refractivity contribution in [1.82, 2.24) is 0 Å². The van der Waals surface area contributed by atoms with Gasteiger partial charge in [-0.15, -0.1) is 0 Å². The van der Waals surface area contributed by atoms with Gasteiger partial charge in [0.1, 0.15) is 11.6 Å². The summed E-state index contributed by atoms with van der Waals surface area (Å²) in [5.74, 6) is -0.368. The Morgan fingerprint density at radius 2 is 2.12 bits per heavy atom. The maximum atomic E-state index is 9.12. The van der Waals surface area contributed by atoms with Crippen LogP contribution in [0.4, 0.5) is 5.69 Å². The molecule has 86 valence electrons. The Hall–Kier alpha value is -2.05. The van der Waals surface area contributed by atoms with Crippen molar-refractivity contribution in [3.63, 3.8) is 0 Å². The number of para-hydroxylation sites is 1. The second-order valence-electron chi connectivity index (χ2n) is 4.22. The second-order valence-corrected chi connectivity index (χ2v) is 4.22. The summed E-state index contributed by atoms with van der Waals surface area (Å²) in [5, 5.41) is 12.4. The third kappa shape index (κ3) is 2.22. The molecule has 1 aliphatic rings. The van der Waals surface area contributed by atoms with Gasteiger partial charge < -0.3 is 11.1 Å². The number of aryl methyl sites for hydroxylation is 1. The monoisotopic (exact) mass is 225 g/mol. The highest BCUT2D eigenvalue weighted by molar-refractivity contribution is 5.54. The van der Waals surface area contributed by atoms with Crippen LogP contribution in [-0.4, -0.2) is 5.66 Å². The van der Waals surface area contributed by atoms with Crippen molar-refractivity contribution in [3.8, 4) is 6.07 Å². The summed E-state index contributed by atoms with van der Waals surface area (Å²) in [6, 6.07) is 10.1. The van der Waals surface area contributed by atoms with E-state index in [1.165, 1.54) is 0 Å². The lowest BCUT2D eigenvalue weighted by Crippen LogP contribution is -2.52. The van der Waals surface area contributed by atoms with Gasteiger partial charge in [0.15, 0.2) is 0 Å². The van der Waals surface area contributed by atoms with Crippen molar-refractivity contribution in [2.75, 3.05) is 5.32 Å². The van der Waals surface area contributed by atoms with E-state index >= 15 is 0 Å². The zero-order valence-electron chi connectivity index (χ0n) is 9.72. The van der Waals surface area contributed by atoms with Crippen LogP contribution in [0.1, 0.15) is 5.56 Å². The van der Waals surface area contributed by atoms with Crippen molar-refractivity contribution in [1.29, 1.82) is 5.26 Å². The summed E-state index contributed by atoms with van der Waals surface area (Å²) in [4.78, 5) is 0. The highest BCUT2D eigenvalue weighted by atomic mass is 15.1. The first-order valence-electron chi connectivity index (χ1n) is 5.54. The molecule has 0 heterocycles. The summed E-state index contributed by atoms with van der Waals surface area (Å²) >= 11 is 0. The SMILES string of the molecule is Cc1ccccc1NC1(N)C=CC=CC1C#N. The predicted molar refractivity (Wildman–Crippen MR) is 69.1 cm³/mol. The van der Waals surface area contributed by atoms with Crippen LogP contribution in [0.25, 0.3) is 0 Å². The Morgan fingerprint density at radius 3 is 2.82 bits per heavy atom. The summed E-state index contributed by atoms with van der Waals surface area (Å²) in [6.07, 6.45) is 7.34. The lowest BCUT2D eigenvalue weighted by atomic mass is 9.89. The van der Waals surface area contributed by atoms with Crippen LogP contribution in [0.15, 0.2) is 48.6 Å². The van der Waals surface area contributed by atoms with E-state index in [-0.39, 0.29) is 5.92 Å². The van der Waals surface area contributed by atoms with E-state index in [0.717, 1.165) is 11.3 Å². The van der Waals surface area contributed by atoms with Gasteiger partial charge in [0.05, 0.1) is 6.07 Å². The molecule has 0 radical (unpaired) electrons. The molecule has 2 rings (SSSR count). The van der Waals surface area contributed by atoms with Gasteiger partial charge in [0.25, 0.3) is 0 Å². The third-order valence-corrected chi connectivity index (χ3v) is 2.94. The molecule has 0 spiro atoms. The molecule has 3 heteroatoms. The minimum absolute atomic E-state index is 0.368. The fourth-order valence-electron chi connectivity index (χ4n) is 1.87. The number of nitrogens with two attached hydrogens (primary N) is 1. The minimum Gasteiger partial charge on any atom is -0.363 e. The average Bonchev–Trinajstić information content (AvgIpc) is 2.32. The lowest BCUT2D eigenvalue weighted by Gasteiger charge is -2.33. The molecule has 0 amide bonds. The summed E-state index contributed by atoms with van der Waals surface area (Å²) in [7, 11) is 0. The number of rotatable bonds is 2. The third-order valence-electron chi connectivity index (χ3n) is 2.94. The normalized spacial score (nSPS) is 26.5. The van der Waals surface area contributed by atoms with Crippen molar-refractivity contribution in [3.05, 3.63) is 54.1 Å². The molecule has 3 N–H and O–H groups in total. The molecule has 0 aliphatic heterocycles. The Kier molecular flexibility index (Phi) is 2.99.